The average Bonchev–Trinajstić information content (AvgIpc) is 2.73. The molecule has 6 nitrogen and oxygen atoms in total. The zero-order valence-electron chi connectivity index (χ0n) is 15.2. The third-order valence-electron chi connectivity index (χ3n) is 5.02. The predicted octanol–water partition coefficient (Wildman–Crippen LogP) is 2.90. The second-order valence-electron chi connectivity index (χ2n) is 6.73. The largest absolute Gasteiger partial charge is 0.497 e. The number of hydrogen-bond donors (Lipinski definition) is 1. The van der Waals surface area contributed by atoms with E-state index in [0.717, 1.165) is 41.1 Å². The fourth-order valence-electron chi connectivity index (χ4n) is 3.56. The molecule has 2 amide bonds. The first-order valence-corrected chi connectivity index (χ1v) is 9.10. The Bertz CT molecular complexity index is 919. The Labute approximate surface area is 157 Å². The highest BCUT2D eigenvalue weighted by atomic mass is 16.5. The lowest BCUT2D eigenvalue weighted by Gasteiger charge is -2.30. The minimum atomic E-state index is -0.0482. The predicted molar refractivity (Wildman–Crippen MR) is 103 cm³/mol. The van der Waals surface area contributed by atoms with Gasteiger partial charge in [0.2, 0.25) is 5.91 Å². The van der Waals surface area contributed by atoms with Crippen LogP contribution in [0.1, 0.15) is 40.7 Å². The Kier molecular flexibility index (Phi) is 4.62. The van der Waals surface area contributed by atoms with E-state index in [0.29, 0.717) is 24.9 Å². The minimum Gasteiger partial charge on any atom is -0.497 e. The third-order valence-corrected chi connectivity index (χ3v) is 5.02. The van der Waals surface area contributed by atoms with Crippen molar-refractivity contribution >= 4 is 23.2 Å². The molecular formula is C21H21N3O3. The van der Waals surface area contributed by atoms with E-state index in [4.69, 9.17) is 4.74 Å². The Hall–Kier alpha value is -3.15. The molecule has 0 fully saturated rings. The van der Waals surface area contributed by atoms with Crippen LogP contribution in [0, 0.1) is 0 Å². The summed E-state index contributed by atoms with van der Waals surface area (Å²) in [5.41, 5.74) is 7.17. The van der Waals surface area contributed by atoms with E-state index in [9.17, 15) is 9.59 Å². The second kappa shape index (κ2) is 7.23. The van der Waals surface area contributed by atoms with Crippen LogP contribution in [0.2, 0.25) is 0 Å². The maximum atomic E-state index is 13.0. The summed E-state index contributed by atoms with van der Waals surface area (Å²) in [4.78, 5) is 26.1. The second-order valence-corrected chi connectivity index (χ2v) is 6.73. The van der Waals surface area contributed by atoms with E-state index >= 15 is 0 Å². The van der Waals surface area contributed by atoms with Crippen LogP contribution in [0.3, 0.4) is 0 Å². The molecule has 2 heterocycles. The number of fused-ring (bicyclic) bond motifs is 1. The number of carbonyl (C=O) groups is 2. The molecule has 0 saturated carbocycles. The lowest BCUT2D eigenvalue weighted by atomic mass is 9.95. The Morgan fingerprint density at radius 3 is 2.63 bits per heavy atom. The Morgan fingerprint density at radius 1 is 1.11 bits per heavy atom. The van der Waals surface area contributed by atoms with Crippen molar-refractivity contribution < 1.29 is 14.3 Å². The van der Waals surface area contributed by atoms with Crippen molar-refractivity contribution in [2.24, 2.45) is 5.10 Å². The summed E-state index contributed by atoms with van der Waals surface area (Å²) in [5.74, 6) is 0.678. The molecule has 2 aliphatic rings. The first-order chi connectivity index (χ1) is 13.2. The van der Waals surface area contributed by atoms with Crippen LogP contribution in [0.15, 0.2) is 47.6 Å². The summed E-state index contributed by atoms with van der Waals surface area (Å²) in [7, 11) is 1.61. The lowest BCUT2D eigenvalue weighted by Crippen LogP contribution is -2.35. The quantitative estimate of drug-likeness (QED) is 0.911. The highest BCUT2D eigenvalue weighted by molar-refractivity contribution is 6.08. The van der Waals surface area contributed by atoms with Gasteiger partial charge in [-0.25, -0.2) is 5.43 Å². The Balaban J connectivity index is 1.61. The highest BCUT2D eigenvalue weighted by Crippen LogP contribution is 2.30. The standard InChI is InChI=1S/C21H21N3O3/c1-27-17-7-4-14(5-8-17)21(26)24-12-2-3-16-13-15(6-10-19(16)24)18-9-11-20(25)23-22-18/h4-8,10,13H,2-3,9,11-12H2,1H3,(H,23,25). The molecule has 138 valence electrons. The van der Waals surface area contributed by atoms with Gasteiger partial charge in [0.05, 0.1) is 12.8 Å². The van der Waals surface area contributed by atoms with Gasteiger partial charge < -0.3 is 9.64 Å². The highest BCUT2D eigenvalue weighted by Gasteiger charge is 2.24. The molecule has 0 aliphatic carbocycles. The van der Waals surface area contributed by atoms with Gasteiger partial charge in [-0.2, -0.15) is 5.10 Å². The number of aryl methyl sites for hydroxylation is 1. The van der Waals surface area contributed by atoms with Gasteiger partial charge in [0.1, 0.15) is 5.75 Å². The number of amides is 2. The third kappa shape index (κ3) is 3.43. The van der Waals surface area contributed by atoms with Gasteiger partial charge in [0.25, 0.3) is 5.91 Å². The molecule has 1 N–H and O–H groups in total. The average molecular weight is 363 g/mol. The Morgan fingerprint density at radius 2 is 1.93 bits per heavy atom. The van der Waals surface area contributed by atoms with E-state index < -0.39 is 0 Å². The van der Waals surface area contributed by atoms with Crippen LogP contribution in [-0.2, 0) is 11.2 Å². The number of methoxy groups -OCH3 is 1. The van der Waals surface area contributed by atoms with Crippen molar-refractivity contribution in [1.29, 1.82) is 0 Å². The molecule has 0 saturated heterocycles. The molecule has 6 heteroatoms. The molecule has 0 unspecified atom stereocenters. The number of anilines is 1. The fraction of sp³-hybridized carbons (Fsp3) is 0.286. The number of nitrogens with one attached hydrogen (secondary N) is 1. The van der Waals surface area contributed by atoms with Crippen LogP contribution in [0.5, 0.6) is 5.75 Å². The summed E-state index contributed by atoms with van der Waals surface area (Å²) in [5, 5.41) is 4.17. The van der Waals surface area contributed by atoms with E-state index in [-0.39, 0.29) is 11.8 Å². The van der Waals surface area contributed by atoms with Crippen LogP contribution >= 0.6 is 0 Å². The van der Waals surface area contributed by atoms with Gasteiger partial charge in [-0.05, 0) is 60.4 Å². The van der Waals surface area contributed by atoms with Gasteiger partial charge in [-0.3, -0.25) is 9.59 Å². The van der Waals surface area contributed by atoms with Gasteiger partial charge in [-0.1, -0.05) is 6.07 Å². The number of hydrazone groups is 1. The summed E-state index contributed by atoms with van der Waals surface area (Å²) in [6.45, 7) is 0.703. The van der Waals surface area contributed by atoms with Crippen molar-refractivity contribution in [2.45, 2.75) is 25.7 Å². The number of carbonyl (C=O) groups excluding carboxylic acids is 2. The van der Waals surface area contributed by atoms with Crippen molar-refractivity contribution in [3.8, 4) is 5.75 Å². The summed E-state index contributed by atoms with van der Waals surface area (Å²) >= 11 is 0. The number of rotatable bonds is 3. The molecule has 0 aromatic heterocycles. The number of hydrogen-bond acceptors (Lipinski definition) is 4. The van der Waals surface area contributed by atoms with Crippen molar-refractivity contribution in [1.82, 2.24) is 5.43 Å². The molecule has 0 bridgehead atoms. The van der Waals surface area contributed by atoms with Crippen molar-refractivity contribution in [3.63, 3.8) is 0 Å². The fourth-order valence-corrected chi connectivity index (χ4v) is 3.56. The first-order valence-electron chi connectivity index (χ1n) is 9.10. The molecular weight excluding hydrogens is 342 g/mol. The first kappa shape index (κ1) is 17.3. The van der Waals surface area contributed by atoms with E-state index in [2.05, 4.69) is 16.6 Å². The summed E-state index contributed by atoms with van der Waals surface area (Å²) in [6, 6.07) is 13.3. The molecule has 4 rings (SSSR count). The van der Waals surface area contributed by atoms with Crippen molar-refractivity contribution in [2.75, 3.05) is 18.6 Å². The van der Waals surface area contributed by atoms with Crippen LogP contribution in [-0.4, -0.2) is 31.2 Å². The molecule has 2 aliphatic heterocycles. The zero-order valence-corrected chi connectivity index (χ0v) is 15.2. The SMILES string of the molecule is COc1ccc(C(=O)N2CCCc3cc(C4=NNC(=O)CC4)ccc32)cc1. The van der Waals surface area contributed by atoms with Gasteiger partial charge in [0.15, 0.2) is 0 Å². The van der Waals surface area contributed by atoms with Crippen LogP contribution in [0.25, 0.3) is 0 Å². The maximum Gasteiger partial charge on any atom is 0.258 e. The maximum absolute atomic E-state index is 13.0. The van der Waals surface area contributed by atoms with E-state index in [1.807, 2.05) is 17.0 Å². The van der Waals surface area contributed by atoms with E-state index in [1.54, 1.807) is 31.4 Å². The van der Waals surface area contributed by atoms with Gasteiger partial charge >= 0.3 is 0 Å². The lowest BCUT2D eigenvalue weighted by molar-refractivity contribution is -0.121. The van der Waals surface area contributed by atoms with E-state index in [1.165, 1.54) is 0 Å². The molecule has 0 atom stereocenters. The topological polar surface area (TPSA) is 71.0 Å². The zero-order chi connectivity index (χ0) is 18.8. The monoisotopic (exact) mass is 363 g/mol. The van der Waals surface area contributed by atoms with Crippen molar-refractivity contribution in [3.05, 3.63) is 59.2 Å². The van der Waals surface area contributed by atoms with Crippen LogP contribution in [0.4, 0.5) is 5.69 Å². The summed E-state index contributed by atoms with van der Waals surface area (Å²) in [6.07, 6.45) is 2.94. The minimum absolute atomic E-state index is 0.00590. The number of nitrogens with zero attached hydrogens (tertiary/aromatic N) is 2. The molecule has 27 heavy (non-hydrogen) atoms. The van der Waals surface area contributed by atoms with Gasteiger partial charge in [-0.15, -0.1) is 0 Å². The molecule has 0 spiro atoms. The van der Waals surface area contributed by atoms with Crippen LogP contribution < -0.4 is 15.1 Å². The van der Waals surface area contributed by atoms with Gasteiger partial charge in [0, 0.05) is 30.6 Å². The number of benzene rings is 2. The number of ether oxygens (including phenoxy) is 1. The normalized spacial score (nSPS) is 16.3. The molecule has 2 aromatic carbocycles. The molecule has 2 aromatic rings. The summed E-state index contributed by atoms with van der Waals surface area (Å²) < 4.78 is 5.17. The molecule has 0 radical (unpaired) electrons. The smallest absolute Gasteiger partial charge is 0.258 e.